The predicted octanol–water partition coefficient (Wildman–Crippen LogP) is 2.12. The van der Waals surface area contributed by atoms with Crippen LogP contribution in [0.2, 0.25) is 0 Å². The van der Waals surface area contributed by atoms with Crippen molar-refractivity contribution in [3.8, 4) is 0 Å². The van der Waals surface area contributed by atoms with Crippen molar-refractivity contribution in [2.24, 2.45) is 0 Å². The van der Waals surface area contributed by atoms with Crippen LogP contribution in [0, 0.1) is 0 Å². The second kappa shape index (κ2) is 5.48. The van der Waals surface area contributed by atoms with Gasteiger partial charge in [-0.2, -0.15) is 0 Å². The second-order valence-electron chi connectivity index (χ2n) is 4.68. The molecule has 0 aromatic rings. The smallest absolute Gasteiger partial charge is 0.157 e. The first kappa shape index (κ1) is 11.6. The Morgan fingerprint density at radius 3 is 3.06 bits per heavy atom. The summed E-state index contributed by atoms with van der Waals surface area (Å²) in [5.41, 5.74) is 1.23. The van der Waals surface area contributed by atoms with E-state index < -0.39 is 0 Å². The van der Waals surface area contributed by atoms with Crippen LogP contribution < -0.4 is 0 Å². The Balaban J connectivity index is 1.86. The van der Waals surface area contributed by atoms with Gasteiger partial charge in [0.2, 0.25) is 0 Å². The number of hydrogen-bond donors (Lipinski definition) is 0. The molecule has 1 heterocycles. The first-order valence-corrected chi connectivity index (χ1v) is 6.39. The number of likely N-dealkylation sites (tertiary alicyclic amines) is 1. The highest BCUT2D eigenvalue weighted by Gasteiger charge is 2.24. The molecule has 90 valence electrons. The fourth-order valence-electron chi connectivity index (χ4n) is 2.45. The van der Waals surface area contributed by atoms with Gasteiger partial charge < -0.3 is 9.64 Å². The van der Waals surface area contributed by atoms with E-state index in [1.165, 1.54) is 12.1 Å². The van der Waals surface area contributed by atoms with Crippen LogP contribution in [0.15, 0.2) is 11.8 Å². The van der Waals surface area contributed by atoms with E-state index in [0.717, 1.165) is 39.0 Å². The summed E-state index contributed by atoms with van der Waals surface area (Å²) in [5, 5.41) is 0. The molecule has 2 aliphatic rings. The van der Waals surface area contributed by atoms with Gasteiger partial charge in [0.15, 0.2) is 5.78 Å². The van der Waals surface area contributed by atoms with Crippen LogP contribution in [-0.4, -0.2) is 36.5 Å². The van der Waals surface area contributed by atoms with Crippen LogP contribution in [0.1, 0.15) is 39.0 Å². The van der Waals surface area contributed by atoms with E-state index >= 15 is 0 Å². The van der Waals surface area contributed by atoms with Crippen LogP contribution in [-0.2, 0) is 9.53 Å². The average Bonchev–Trinajstić information content (AvgIpc) is 2.74. The Morgan fingerprint density at radius 1 is 1.50 bits per heavy atom. The molecule has 1 unspecified atom stereocenters. The van der Waals surface area contributed by atoms with Crippen molar-refractivity contribution in [1.29, 1.82) is 0 Å². The number of hydrogen-bond acceptors (Lipinski definition) is 3. The van der Waals surface area contributed by atoms with Gasteiger partial charge in [-0.05, 0) is 25.7 Å². The monoisotopic (exact) mass is 223 g/mol. The number of carbonyl (C=O) groups is 1. The molecule has 1 aliphatic carbocycles. The molecule has 0 amide bonds. The lowest BCUT2D eigenvalue weighted by Crippen LogP contribution is -2.38. The van der Waals surface area contributed by atoms with Gasteiger partial charge in [-0.3, -0.25) is 4.79 Å². The van der Waals surface area contributed by atoms with Gasteiger partial charge in [0.1, 0.15) is 0 Å². The standard InChI is InChI=1S/C13H21NO2/c1-2-8-16-13-4-3-7-14(10-13)11-5-6-12(15)9-11/h9,13H,2-8,10H2,1H3. The zero-order valence-corrected chi connectivity index (χ0v) is 10.1. The lowest BCUT2D eigenvalue weighted by Gasteiger charge is -2.35. The van der Waals surface area contributed by atoms with Crippen LogP contribution in [0.25, 0.3) is 0 Å². The highest BCUT2D eigenvalue weighted by molar-refractivity contribution is 5.92. The summed E-state index contributed by atoms with van der Waals surface area (Å²) in [6, 6.07) is 0. The molecule has 0 saturated carbocycles. The summed E-state index contributed by atoms with van der Waals surface area (Å²) in [5.74, 6) is 0.284. The van der Waals surface area contributed by atoms with Gasteiger partial charge in [-0.25, -0.2) is 0 Å². The highest BCUT2D eigenvalue weighted by atomic mass is 16.5. The molecule has 1 atom stereocenters. The number of ketones is 1. The molecule has 1 fully saturated rings. The fraction of sp³-hybridized carbons (Fsp3) is 0.769. The summed E-state index contributed by atoms with van der Waals surface area (Å²) < 4.78 is 5.79. The molecule has 0 bridgehead atoms. The highest BCUT2D eigenvalue weighted by Crippen LogP contribution is 2.24. The third-order valence-corrected chi connectivity index (χ3v) is 3.30. The quantitative estimate of drug-likeness (QED) is 0.731. The maximum Gasteiger partial charge on any atom is 0.157 e. The Bertz CT molecular complexity index is 286. The zero-order valence-electron chi connectivity index (χ0n) is 10.1. The Morgan fingerprint density at radius 2 is 2.38 bits per heavy atom. The summed E-state index contributed by atoms with van der Waals surface area (Å²) in [4.78, 5) is 13.6. The maximum absolute atomic E-state index is 11.2. The molecule has 1 aliphatic heterocycles. The number of carbonyl (C=O) groups excluding carboxylic acids is 1. The van der Waals surface area contributed by atoms with Crippen LogP contribution in [0.4, 0.5) is 0 Å². The number of nitrogens with zero attached hydrogens (tertiary/aromatic N) is 1. The van der Waals surface area contributed by atoms with Crippen molar-refractivity contribution in [3.63, 3.8) is 0 Å². The number of allylic oxidation sites excluding steroid dienone is 2. The van der Waals surface area contributed by atoms with E-state index in [0.29, 0.717) is 12.5 Å². The molecular formula is C13H21NO2. The molecule has 1 saturated heterocycles. The van der Waals surface area contributed by atoms with Crippen LogP contribution >= 0.6 is 0 Å². The van der Waals surface area contributed by atoms with Gasteiger partial charge in [-0.1, -0.05) is 6.92 Å². The fourth-order valence-corrected chi connectivity index (χ4v) is 2.45. The molecule has 16 heavy (non-hydrogen) atoms. The molecule has 0 aromatic carbocycles. The third-order valence-electron chi connectivity index (χ3n) is 3.30. The van der Waals surface area contributed by atoms with Crippen molar-refractivity contribution in [2.75, 3.05) is 19.7 Å². The minimum Gasteiger partial charge on any atom is -0.376 e. The Labute approximate surface area is 97.5 Å². The normalized spacial score (nSPS) is 26.1. The summed E-state index contributed by atoms with van der Waals surface area (Å²) in [7, 11) is 0. The predicted molar refractivity (Wildman–Crippen MR) is 63.2 cm³/mol. The van der Waals surface area contributed by atoms with Gasteiger partial charge in [0.05, 0.1) is 6.10 Å². The summed E-state index contributed by atoms with van der Waals surface area (Å²) >= 11 is 0. The van der Waals surface area contributed by atoms with Gasteiger partial charge in [0.25, 0.3) is 0 Å². The van der Waals surface area contributed by atoms with Crippen molar-refractivity contribution >= 4 is 5.78 Å². The topological polar surface area (TPSA) is 29.5 Å². The van der Waals surface area contributed by atoms with Crippen LogP contribution in [0.3, 0.4) is 0 Å². The van der Waals surface area contributed by atoms with Crippen molar-refractivity contribution in [1.82, 2.24) is 4.90 Å². The van der Waals surface area contributed by atoms with Crippen molar-refractivity contribution in [3.05, 3.63) is 11.8 Å². The lowest BCUT2D eigenvalue weighted by atomic mass is 10.1. The zero-order chi connectivity index (χ0) is 11.4. The molecule has 0 aromatic heterocycles. The van der Waals surface area contributed by atoms with Crippen LogP contribution in [0.5, 0.6) is 0 Å². The first-order chi connectivity index (χ1) is 7.79. The molecule has 0 N–H and O–H groups in total. The van der Waals surface area contributed by atoms with E-state index in [-0.39, 0.29) is 5.78 Å². The van der Waals surface area contributed by atoms with Crippen molar-refractivity contribution < 1.29 is 9.53 Å². The Hall–Kier alpha value is -0.830. The van der Waals surface area contributed by atoms with Crippen molar-refractivity contribution in [2.45, 2.75) is 45.1 Å². The SMILES string of the molecule is CCCOC1CCCN(C2=CC(=O)CC2)C1. The molecule has 3 heteroatoms. The largest absolute Gasteiger partial charge is 0.376 e. The molecular weight excluding hydrogens is 202 g/mol. The van der Waals surface area contributed by atoms with E-state index in [9.17, 15) is 4.79 Å². The van der Waals surface area contributed by atoms with Gasteiger partial charge >= 0.3 is 0 Å². The minimum atomic E-state index is 0.284. The van der Waals surface area contributed by atoms with E-state index in [1.54, 1.807) is 0 Å². The number of piperidine rings is 1. The van der Waals surface area contributed by atoms with Gasteiger partial charge in [0, 0.05) is 37.9 Å². The minimum absolute atomic E-state index is 0.284. The van der Waals surface area contributed by atoms with Gasteiger partial charge in [-0.15, -0.1) is 0 Å². The summed E-state index contributed by atoms with van der Waals surface area (Å²) in [6.07, 6.45) is 7.24. The van der Waals surface area contributed by atoms with E-state index in [1.807, 2.05) is 6.08 Å². The molecule has 2 rings (SSSR count). The third kappa shape index (κ3) is 2.85. The molecule has 0 radical (unpaired) electrons. The Kier molecular flexibility index (Phi) is 3.99. The number of ether oxygens (including phenoxy) is 1. The summed E-state index contributed by atoms with van der Waals surface area (Å²) in [6.45, 7) is 5.06. The molecule has 3 nitrogen and oxygen atoms in total. The number of rotatable bonds is 4. The first-order valence-electron chi connectivity index (χ1n) is 6.39. The maximum atomic E-state index is 11.2. The lowest BCUT2D eigenvalue weighted by molar-refractivity contribution is -0.114. The average molecular weight is 223 g/mol. The molecule has 0 spiro atoms. The van der Waals surface area contributed by atoms with E-state index in [2.05, 4.69) is 11.8 Å². The second-order valence-corrected chi connectivity index (χ2v) is 4.68. The van der Waals surface area contributed by atoms with E-state index in [4.69, 9.17) is 4.74 Å².